The lowest BCUT2D eigenvalue weighted by molar-refractivity contribution is -0.138. The molecule has 1 saturated heterocycles. The minimum atomic E-state index is -4.71. The number of hydrogen-bond donors (Lipinski definition) is 1. The van der Waals surface area contributed by atoms with Crippen LogP contribution in [0.5, 0.6) is 0 Å². The number of halogens is 3. The number of carboxylic acid groups (broad SMARTS) is 1. The lowest BCUT2D eigenvalue weighted by Crippen LogP contribution is -2.24. The predicted molar refractivity (Wildman–Crippen MR) is 57.7 cm³/mol. The van der Waals surface area contributed by atoms with Crippen molar-refractivity contribution in [3.63, 3.8) is 0 Å². The second-order valence-electron chi connectivity index (χ2n) is 4.45. The van der Waals surface area contributed by atoms with Crippen LogP contribution >= 0.6 is 0 Å². The van der Waals surface area contributed by atoms with Gasteiger partial charge in [0.15, 0.2) is 5.69 Å². The van der Waals surface area contributed by atoms with Gasteiger partial charge in [0.25, 0.3) is 0 Å². The largest absolute Gasteiger partial charge is 0.477 e. The predicted octanol–water partition coefficient (Wildman–Crippen LogP) is 2.03. The third-order valence-electron chi connectivity index (χ3n) is 3.12. The van der Waals surface area contributed by atoms with Crippen molar-refractivity contribution < 1.29 is 27.8 Å². The molecule has 1 aliphatic rings. The van der Waals surface area contributed by atoms with Gasteiger partial charge in [-0.25, -0.2) is 4.79 Å². The van der Waals surface area contributed by atoms with Crippen LogP contribution in [0.3, 0.4) is 0 Å². The second kappa shape index (κ2) is 5.20. The average molecular weight is 278 g/mol. The van der Waals surface area contributed by atoms with Gasteiger partial charge in [-0.05, 0) is 18.8 Å². The van der Waals surface area contributed by atoms with Gasteiger partial charge >= 0.3 is 12.1 Å². The Kier molecular flexibility index (Phi) is 3.79. The van der Waals surface area contributed by atoms with E-state index in [1.165, 1.54) is 0 Å². The standard InChI is InChI=1S/C11H13F3N2O3/c12-11(13,14)8-5-15-16(9(8)10(17)18)6-7-1-3-19-4-2-7/h5,7H,1-4,6H2,(H,17,18). The molecule has 1 N–H and O–H groups in total. The summed E-state index contributed by atoms with van der Waals surface area (Å²) >= 11 is 0. The maximum absolute atomic E-state index is 12.7. The molecule has 0 spiro atoms. The van der Waals surface area contributed by atoms with Gasteiger partial charge in [-0.2, -0.15) is 18.3 Å². The van der Waals surface area contributed by atoms with E-state index in [0.717, 1.165) is 4.68 Å². The Hall–Kier alpha value is -1.57. The topological polar surface area (TPSA) is 64.3 Å². The van der Waals surface area contributed by atoms with Crippen molar-refractivity contribution in [1.82, 2.24) is 9.78 Å². The zero-order chi connectivity index (χ0) is 14.0. The molecule has 2 heterocycles. The quantitative estimate of drug-likeness (QED) is 0.918. The normalized spacial score (nSPS) is 17.6. The summed E-state index contributed by atoms with van der Waals surface area (Å²) in [5.74, 6) is -1.52. The number of hydrogen-bond acceptors (Lipinski definition) is 3. The molecule has 0 amide bonds. The molecule has 1 aromatic heterocycles. The minimum Gasteiger partial charge on any atom is -0.477 e. The molecule has 5 nitrogen and oxygen atoms in total. The number of nitrogens with zero attached hydrogens (tertiary/aromatic N) is 2. The molecule has 1 aliphatic heterocycles. The molecule has 1 fully saturated rings. The van der Waals surface area contributed by atoms with Crippen molar-refractivity contribution in [3.05, 3.63) is 17.5 Å². The monoisotopic (exact) mass is 278 g/mol. The molecule has 1 aromatic rings. The van der Waals surface area contributed by atoms with Gasteiger partial charge in [0.05, 0.1) is 6.20 Å². The van der Waals surface area contributed by atoms with E-state index < -0.39 is 23.4 Å². The third-order valence-corrected chi connectivity index (χ3v) is 3.12. The molecule has 19 heavy (non-hydrogen) atoms. The molecule has 0 radical (unpaired) electrons. The first-order chi connectivity index (χ1) is 8.89. The SMILES string of the molecule is O=C(O)c1c(C(F)(F)F)cnn1CC1CCOCC1. The molecule has 0 aromatic carbocycles. The average Bonchev–Trinajstić information content (AvgIpc) is 2.74. The third kappa shape index (κ3) is 3.06. The molecule has 0 saturated carbocycles. The molecule has 0 atom stereocenters. The van der Waals surface area contributed by atoms with E-state index in [0.29, 0.717) is 32.3 Å². The Morgan fingerprint density at radius 2 is 2.11 bits per heavy atom. The first-order valence-corrected chi connectivity index (χ1v) is 5.83. The van der Waals surface area contributed by atoms with Gasteiger partial charge < -0.3 is 9.84 Å². The summed E-state index contributed by atoms with van der Waals surface area (Å²) in [6.45, 7) is 1.25. The van der Waals surface area contributed by atoms with E-state index in [9.17, 15) is 18.0 Å². The molecule has 0 aliphatic carbocycles. The van der Waals surface area contributed by atoms with E-state index in [4.69, 9.17) is 9.84 Å². The van der Waals surface area contributed by atoms with E-state index in [-0.39, 0.29) is 12.5 Å². The van der Waals surface area contributed by atoms with Crippen molar-refractivity contribution in [3.8, 4) is 0 Å². The summed E-state index contributed by atoms with van der Waals surface area (Å²) in [6.07, 6.45) is -2.75. The maximum Gasteiger partial charge on any atom is 0.420 e. The smallest absolute Gasteiger partial charge is 0.420 e. The van der Waals surface area contributed by atoms with Crippen molar-refractivity contribution in [2.24, 2.45) is 5.92 Å². The molecule has 106 valence electrons. The highest BCUT2D eigenvalue weighted by Gasteiger charge is 2.39. The summed E-state index contributed by atoms with van der Waals surface area (Å²) in [7, 11) is 0. The Bertz CT molecular complexity index is 464. The molecule has 2 rings (SSSR count). The zero-order valence-electron chi connectivity index (χ0n) is 9.98. The summed E-state index contributed by atoms with van der Waals surface area (Å²) in [4.78, 5) is 11.0. The second-order valence-corrected chi connectivity index (χ2v) is 4.45. The first kappa shape index (κ1) is 13.9. The van der Waals surface area contributed by atoms with E-state index in [1.54, 1.807) is 0 Å². The van der Waals surface area contributed by atoms with Crippen LogP contribution in [-0.2, 0) is 17.5 Å². The van der Waals surface area contributed by atoms with Gasteiger partial charge in [0, 0.05) is 19.8 Å². The number of carbonyl (C=O) groups is 1. The van der Waals surface area contributed by atoms with Gasteiger partial charge in [-0.3, -0.25) is 4.68 Å². The number of alkyl halides is 3. The number of ether oxygens (including phenoxy) is 1. The first-order valence-electron chi connectivity index (χ1n) is 5.83. The van der Waals surface area contributed by atoms with Gasteiger partial charge in [-0.1, -0.05) is 0 Å². The van der Waals surface area contributed by atoms with Crippen LogP contribution in [0.4, 0.5) is 13.2 Å². The lowest BCUT2D eigenvalue weighted by Gasteiger charge is -2.22. The number of aromatic nitrogens is 2. The highest BCUT2D eigenvalue weighted by molar-refractivity contribution is 5.87. The Morgan fingerprint density at radius 1 is 1.47 bits per heavy atom. The van der Waals surface area contributed by atoms with E-state index in [2.05, 4.69) is 5.10 Å². The molecule has 0 bridgehead atoms. The fourth-order valence-electron chi connectivity index (χ4n) is 2.13. The van der Waals surface area contributed by atoms with Gasteiger partial charge in [-0.15, -0.1) is 0 Å². The van der Waals surface area contributed by atoms with E-state index >= 15 is 0 Å². The van der Waals surface area contributed by atoms with Crippen molar-refractivity contribution in [1.29, 1.82) is 0 Å². The fraction of sp³-hybridized carbons (Fsp3) is 0.636. The summed E-state index contributed by atoms with van der Waals surface area (Å²) in [5.41, 5.74) is -1.99. The van der Waals surface area contributed by atoms with E-state index in [1.807, 2.05) is 0 Å². The van der Waals surface area contributed by atoms with Crippen LogP contribution in [0.15, 0.2) is 6.20 Å². The Balaban J connectivity index is 2.25. The van der Waals surface area contributed by atoms with Crippen molar-refractivity contribution >= 4 is 5.97 Å². The summed E-state index contributed by atoms with van der Waals surface area (Å²) < 4.78 is 44.1. The Morgan fingerprint density at radius 3 is 2.63 bits per heavy atom. The van der Waals surface area contributed by atoms with Crippen LogP contribution in [0.1, 0.15) is 28.9 Å². The molecular weight excluding hydrogens is 265 g/mol. The molecule has 0 unspecified atom stereocenters. The summed E-state index contributed by atoms with van der Waals surface area (Å²) in [5, 5.41) is 12.5. The number of carboxylic acids is 1. The fourth-order valence-corrected chi connectivity index (χ4v) is 2.13. The zero-order valence-corrected chi connectivity index (χ0v) is 9.98. The minimum absolute atomic E-state index is 0.0906. The highest BCUT2D eigenvalue weighted by Crippen LogP contribution is 2.32. The van der Waals surface area contributed by atoms with Crippen LogP contribution in [0, 0.1) is 5.92 Å². The maximum atomic E-state index is 12.7. The van der Waals surface area contributed by atoms with Gasteiger partial charge in [0.2, 0.25) is 0 Å². The lowest BCUT2D eigenvalue weighted by atomic mass is 10.0. The Labute approximate surface area is 107 Å². The van der Waals surface area contributed by atoms with Crippen LogP contribution in [0.2, 0.25) is 0 Å². The van der Waals surface area contributed by atoms with Crippen LogP contribution < -0.4 is 0 Å². The van der Waals surface area contributed by atoms with Crippen molar-refractivity contribution in [2.75, 3.05) is 13.2 Å². The van der Waals surface area contributed by atoms with Gasteiger partial charge in [0.1, 0.15) is 5.56 Å². The van der Waals surface area contributed by atoms with Crippen molar-refractivity contribution in [2.45, 2.75) is 25.6 Å². The highest BCUT2D eigenvalue weighted by atomic mass is 19.4. The summed E-state index contributed by atoms with van der Waals surface area (Å²) in [6, 6.07) is 0. The van der Waals surface area contributed by atoms with Crippen LogP contribution in [0.25, 0.3) is 0 Å². The number of aromatic carboxylic acids is 1. The molecular formula is C11H13F3N2O3. The number of rotatable bonds is 3. The van der Waals surface area contributed by atoms with Crippen LogP contribution in [-0.4, -0.2) is 34.1 Å². The molecule has 8 heteroatoms.